The molecule has 1 saturated carbocycles. The van der Waals surface area contributed by atoms with Crippen LogP contribution in [-0.4, -0.2) is 28.6 Å². The van der Waals surface area contributed by atoms with E-state index in [0.717, 1.165) is 30.9 Å². The Hall–Kier alpha value is -1.58. The van der Waals surface area contributed by atoms with Gasteiger partial charge in [-0.1, -0.05) is 13.3 Å². The summed E-state index contributed by atoms with van der Waals surface area (Å²) in [5, 5.41) is 9.10. The molecule has 98 valence electrons. The Kier molecular flexibility index (Phi) is 3.84. The van der Waals surface area contributed by atoms with Gasteiger partial charge < -0.3 is 10.0 Å². The van der Waals surface area contributed by atoms with Crippen LogP contribution >= 0.6 is 0 Å². The van der Waals surface area contributed by atoms with Gasteiger partial charge in [0.1, 0.15) is 5.82 Å². The van der Waals surface area contributed by atoms with Crippen molar-refractivity contribution in [1.82, 2.24) is 4.98 Å². The van der Waals surface area contributed by atoms with Crippen LogP contribution in [-0.2, 0) is 0 Å². The molecule has 1 aromatic heterocycles. The van der Waals surface area contributed by atoms with Crippen LogP contribution in [0.15, 0.2) is 12.1 Å². The van der Waals surface area contributed by atoms with Crippen molar-refractivity contribution < 1.29 is 9.90 Å². The molecule has 0 radical (unpaired) electrons. The second-order valence-electron chi connectivity index (χ2n) is 4.94. The second kappa shape index (κ2) is 5.38. The normalized spacial score (nSPS) is 14.6. The number of hydrogen-bond donors (Lipinski definition) is 1. The van der Waals surface area contributed by atoms with E-state index in [1.807, 2.05) is 6.92 Å². The fourth-order valence-corrected chi connectivity index (χ4v) is 2.12. The van der Waals surface area contributed by atoms with E-state index in [-0.39, 0.29) is 0 Å². The van der Waals surface area contributed by atoms with E-state index in [4.69, 9.17) is 5.11 Å². The molecule has 0 spiro atoms. The molecule has 4 heteroatoms. The lowest BCUT2D eigenvalue weighted by molar-refractivity contribution is 0.0696. The number of unbranched alkanes of at least 4 members (excludes halogenated alkanes) is 1. The maximum atomic E-state index is 11.1. The van der Waals surface area contributed by atoms with Crippen LogP contribution in [0.5, 0.6) is 0 Å². The van der Waals surface area contributed by atoms with Crippen LogP contribution in [0.1, 0.15) is 48.7 Å². The first-order valence-corrected chi connectivity index (χ1v) is 6.60. The average molecular weight is 248 g/mol. The van der Waals surface area contributed by atoms with Gasteiger partial charge in [-0.2, -0.15) is 0 Å². The van der Waals surface area contributed by atoms with E-state index in [9.17, 15) is 4.79 Å². The van der Waals surface area contributed by atoms with E-state index in [1.165, 1.54) is 12.8 Å². The number of hydrogen-bond acceptors (Lipinski definition) is 3. The molecule has 18 heavy (non-hydrogen) atoms. The molecule has 0 amide bonds. The minimum Gasteiger partial charge on any atom is -0.478 e. The van der Waals surface area contributed by atoms with Crippen molar-refractivity contribution in [2.45, 2.75) is 45.6 Å². The third kappa shape index (κ3) is 3.00. The van der Waals surface area contributed by atoms with Crippen molar-refractivity contribution in [3.05, 3.63) is 23.4 Å². The molecule has 2 rings (SSSR count). The van der Waals surface area contributed by atoms with Gasteiger partial charge in [0.05, 0.1) is 5.56 Å². The molecule has 0 aliphatic heterocycles. The van der Waals surface area contributed by atoms with Gasteiger partial charge in [0, 0.05) is 18.3 Å². The van der Waals surface area contributed by atoms with Crippen LogP contribution in [0.25, 0.3) is 0 Å². The highest BCUT2D eigenvalue weighted by molar-refractivity contribution is 5.88. The number of anilines is 1. The summed E-state index contributed by atoms with van der Waals surface area (Å²) in [6.45, 7) is 4.98. The van der Waals surface area contributed by atoms with Gasteiger partial charge >= 0.3 is 5.97 Å². The Labute approximate surface area is 108 Å². The summed E-state index contributed by atoms with van der Waals surface area (Å²) >= 11 is 0. The Balaban J connectivity index is 2.25. The summed E-state index contributed by atoms with van der Waals surface area (Å²) in [4.78, 5) is 17.8. The lowest BCUT2D eigenvalue weighted by Gasteiger charge is -2.24. The second-order valence-corrected chi connectivity index (χ2v) is 4.94. The van der Waals surface area contributed by atoms with Gasteiger partial charge in [-0.05, 0) is 38.3 Å². The zero-order valence-electron chi connectivity index (χ0n) is 11.0. The molecule has 1 N–H and O–H groups in total. The van der Waals surface area contributed by atoms with Crippen molar-refractivity contribution in [3.63, 3.8) is 0 Å². The summed E-state index contributed by atoms with van der Waals surface area (Å²) in [6.07, 6.45) is 4.65. The number of aromatic carboxylic acids is 1. The number of carbonyl (C=O) groups is 1. The van der Waals surface area contributed by atoms with Gasteiger partial charge in [-0.25, -0.2) is 9.78 Å². The summed E-state index contributed by atoms with van der Waals surface area (Å²) < 4.78 is 0. The monoisotopic (exact) mass is 248 g/mol. The minimum atomic E-state index is -0.881. The van der Waals surface area contributed by atoms with Crippen LogP contribution in [0.4, 0.5) is 5.82 Å². The molecule has 1 fully saturated rings. The third-order valence-corrected chi connectivity index (χ3v) is 3.22. The Morgan fingerprint density at radius 1 is 1.50 bits per heavy atom. The summed E-state index contributed by atoms with van der Waals surface area (Å²) in [5.74, 6) is -0.0589. The number of nitrogens with zero attached hydrogens (tertiary/aromatic N) is 2. The van der Waals surface area contributed by atoms with E-state index >= 15 is 0 Å². The lowest BCUT2D eigenvalue weighted by Crippen LogP contribution is -2.28. The van der Waals surface area contributed by atoms with Crippen molar-refractivity contribution in [2.24, 2.45) is 0 Å². The standard InChI is InChI=1S/C14H20N2O2/c1-3-4-7-16(12-5-6-12)13-9-11(14(17)18)8-10(2)15-13/h8-9,12H,3-7H2,1-2H3,(H,17,18). The molecule has 4 nitrogen and oxygen atoms in total. The summed E-state index contributed by atoms with van der Waals surface area (Å²) in [7, 11) is 0. The number of aromatic nitrogens is 1. The average Bonchev–Trinajstić information content (AvgIpc) is 3.13. The third-order valence-electron chi connectivity index (χ3n) is 3.22. The first kappa shape index (κ1) is 12.9. The fourth-order valence-electron chi connectivity index (χ4n) is 2.12. The molecule has 1 aliphatic rings. The molecular formula is C14H20N2O2. The van der Waals surface area contributed by atoms with Crippen LogP contribution in [0.2, 0.25) is 0 Å². The highest BCUT2D eigenvalue weighted by Crippen LogP contribution is 2.31. The first-order valence-electron chi connectivity index (χ1n) is 6.60. The van der Waals surface area contributed by atoms with Crippen LogP contribution in [0, 0.1) is 6.92 Å². The van der Waals surface area contributed by atoms with Gasteiger partial charge in [0.15, 0.2) is 0 Å². The van der Waals surface area contributed by atoms with E-state index in [0.29, 0.717) is 11.6 Å². The Bertz CT molecular complexity index is 441. The maximum absolute atomic E-state index is 11.1. The molecule has 1 aromatic rings. The van der Waals surface area contributed by atoms with E-state index < -0.39 is 5.97 Å². The first-order chi connectivity index (χ1) is 8.61. The Morgan fingerprint density at radius 3 is 2.78 bits per heavy atom. The van der Waals surface area contributed by atoms with Crippen molar-refractivity contribution in [1.29, 1.82) is 0 Å². The van der Waals surface area contributed by atoms with Crippen LogP contribution in [0.3, 0.4) is 0 Å². The van der Waals surface area contributed by atoms with Gasteiger partial charge in [-0.3, -0.25) is 0 Å². The van der Waals surface area contributed by atoms with Crippen molar-refractivity contribution in [2.75, 3.05) is 11.4 Å². The largest absolute Gasteiger partial charge is 0.478 e. The predicted molar refractivity (Wildman–Crippen MR) is 71.2 cm³/mol. The van der Waals surface area contributed by atoms with Gasteiger partial charge in [0.25, 0.3) is 0 Å². The highest BCUT2D eigenvalue weighted by Gasteiger charge is 2.30. The summed E-state index contributed by atoms with van der Waals surface area (Å²) in [6, 6.07) is 3.88. The number of aryl methyl sites for hydroxylation is 1. The Morgan fingerprint density at radius 2 is 2.22 bits per heavy atom. The molecule has 0 aromatic carbocycles. The van der Waals surface area contributed by atoms with Crippen molar-refractivity contribution in [3.8, 4) is 0 Å². The molecule has 0 saturated heterocycles. The number of rotatable bonds is 6. The lowest BCUT2D eigenvalue weighted by atomic mass is 10.2. The zero-order valence-corrected chi connectivity index (χ0v) is 11.0. The zero-order chi connectivity index (χ0) is 13.1. The SMILES string of the molecule is CCCCN(c1cc(C(=O)O)cc(C)n1)C1CC1. The molecular weight excluding hydrogens is 228 g/mol. The molecule has 1 heterocycles. The van der Waals surface area contributed by atoms with Crippen LogP contribution < -0.4 is 4.90 Å². The number of pyridine rings is 1. The van der Waals surface area contributed by atoms with Gasteiger partial charge in [-0.15, -0.1) is 0 Å². The van der Waals surface area contributed by atoms with E-state index in [2.05, 4.69) is 16.8 Å². The maximum Gasteiger partial charge on any atom is 0.335 e. The molecule has 0 bridgehead atoms. The fraction of sp³-hybridized carbons (Fsp3) is 0.571. The minimum absolute atomic E-state index is 0.333. The quantitative estimate of drug-likeness (QED) is 0.841. The smallest absolute Gasteiger partial charge is 0.335 e. The van der Waals surface area contributed by atoms with E-state index in [1.54, 1.807) is 12.1 Å². The number of carboxylic acids is 1. The molecule has 1 aliphatic carbocycles. The number of carboxylic acid groups (broad SMARTS) is 1. The topological polar surface area (TPSA) is 53.4 Å². The summed E-state index contributed by atoms with van der Waals surface area (Å²) in [5.41, 5.74) is 1.10. The predicted octanol–water partition coefficient (Wildman–Crippen LogP) is 2.86. The molecule has 0 unspecified atom stereocenters. The van der Waals surface area contributed by atoms with Crippen molar-refractivity contribution >= 4 is 11.8 Å². The highest BCUT2D eigenvalue weighted by atomic mass is 16.4. The molecule has 0 atom stereocenters. The van der Waals surface area contributed by atoms with Gasteiger partial charge in [0.2, 0.25) is 0 Å².